The van der Waals surface area contributed by atoms with Gasteiger partial charge in [-0.3, -0.25) is 0 Å². The number of likely N-dealkylation sites (tertiary alicyclic amines) is 1. The van der Waals surface area contributed by atoms with Crippen LogP contribution < -0.4 is 10.1 Å². The maximum atomic E-state index is 12.3. The number of nitrogens with zero attached hydrogens (tertiary/aromatic N) is 1. The van der Waals surface area contributed by atoms with Gasteiger partial charge in [0.2, 0.25) is 0 Å². The van der Waals surface area contributed by atoms with Gasteiger partial charge >= 0.3 is 6.03 Å². The molecule has 0 radical (unpaired) electrons. The number of para-hydroxylation sites is 1. The van der Waals surface area contributed by atoms with Crippen molar-refractivity contribution in [3.05, 3.63) is 30.3 Å². The number of rotatable bonds is 6. The normalized spacial score (nSPS) is 18.3. The first-order valence-electron chi connectivity index (χ1n) is 7.91. The fourth-order valence-corrected chi connectivity index (χ4v) is 2.79. The Kier molecular flexibility index (Phi) is 5.66. The Morgan fingerprint density at radius 2 is 2.14 bits per heavy atom. The van der Waals surface area contributed by atoms with E-state index in [9.17, 15) is 4.79 Å². The average molecular weight is 306 g/mol. The number of ether oxygens (including phenoxy) is 1. The van der Waals surface area contributed by atoms with Crippen LogP contribution in [0.25, 0.3) is 0 Å². The second-order valence-corrected chi connectivity index (χ2v) is 6.34. The van der Waals surface area contributed by atoms with Gasteiger partial charge in [-0.25, -0.2) is 4.79 Å². The van der Waals surface area contributed by atoms with Crippen LogP contribution in [0.4, 0.5) is 4.79 Å². The second kappa shape index (κ2) is 7.49. The molecule has 1 aliphatic heterocycles. The van der Waals surface area contributed by atoms with Crippen molar-refractivity contribution < 1.29 is 14.6 Å². The molecule has 0 aliphatic carbocycles. The van der Waals surface area contributed by atoms with Crippen LogP contribution in [0.3, 0.4) is 0 Å². The Morgan fingerprint density at radius 3 is 2.82 bits per heavy atom. The van der Waals surface area contributed by atoms with Crippen molar-refractivity contribution >= 4 is 6.03 Å². The zero-order valence-corrected chi connectivity index (χ0v) is 13.4. The molecule has 0 bridgehead atoms. The molecule has 1 atom stereocenters. The molecular weight excluding hydrogens is 280 g/mol. The lowest BCUT2D eigenvalue weighted by Crippen LogP contribution is -2.49. The molecule has 2 rings (SSSR count). The SMILES string of the molecule is CC(C)(CNC(=O)N1CCCC1CCO)Oc1ccccc1. The smallest absolute Gasteiger partial charge is 0.317 e. The van der Waals surface area contributed by atoms with Crippen LogP contribution in [0.2, 0.25) is 0 Å². The zero-order chi connectivity index (χ0) is 16.0. The maximum Gasteiger partial charge on any atom is 0.317 e. The summed E-state index contributed by atoms with van der Waals surface area (Å²) in [6.45, 7) is 5.22. The summed E-state index contributed by atoms with van der Waals surface area (Å²) in [4.78, 5) is 14.1. The largest absolute Gasteiger partial charge is 0.486 e. The highest BCUT2D eigenvalue weighted by molar-refractivity contribution is 5.74. The van der Waals surface area contributed by atoms with Gasteiger partial charge in [-0.05, 0) is 45.2 Å². The van der Waals surface area contributed by atoms with Gasteiger partial charge < -0.3 is 20.1 Å². The third-order valence-corrected chi connectivity index (χ3v) is 3.90. The molecule has 0 spiro atoms. The van der Waals surface area contributed by atoms with Crippen LogP contribution in [0.1, 0.15) is 33.1 Å². The Bertz CT molecular complexity index is 476. The monoisotopic (exact) mass is 306 g/mol. The van der Waals surface area contributed by atoms with Crippen LogP contribution in [0.5, 0.6) is 5.75 Å². The van der Waals surface area contributed by atoms with Gasteiger partial charge in [0.15, 0.2) is 0 Å². The summed E-state index contributed by atoms with van der Waals surface area (Å²) >= 11 is 0. The molecule has 122 valence electrons. The van der Waals surface area contributed by atoms with E-state index in [0.29, 0.717) is 13.0 Å². The first-order valence-corrected chi connectivity index (χ1v) is 7.91. The Morgan fingerprint density at radius 1 is 1.41 bits per heavy atom. The van der Waals surface area contributed by atoms with Gasteiger partial charge in [0, 0.05) is 19.2 Å². The second-order valence-electron chi connectivity index (χ2n) is 6.34. The third-order valence-electron chi connectivity index (χ3n) is 3.90. The topological polar surface area (TPSA) is 61.8 Å². The van der Waals surface area contributed by atoms with Gasteiger partial charge in [0.05, 0.1) is 6.54 Å². The molecule has 1 unspecified atom stereocenters. The van der Waals surface area contributed by atoms with Crippen molar-refractivity contribution in [3.8, 4) is 5.75 Å². The summed E-state index contributed by atoms with van der Waals surface area (Å²) in [7, 11) is 0. The molecular formula is C17H26N2O3. The fraction of sp³-hybridized carbons (Fsp3) is 0.588. The van der Waals surface area contributed by atoms with Gasteiger partial charge in [0.1, 0.15) is 11.4 Å². The van der Waals surface area contributed by atoms with Crippen molar-refractivity contribution in [1.82, 2.24) is 10.2 Å². The lowest BCUT2D eigenvalue weighted by molar-refractivity contribution is 0.105. The predicted octanol–water partition coefficient (Wildman–Crippen LogP) is 2.40. The quantitative estimate of drug-likeness (QED) is 0.848. The van der Waals surface area contributed by atoms with Crippen LogP contribution in [0, 0.1) is 0 Å². The van der Waals surface area contributed by atoms with Crippen LogP contribution in [-0.2, 0) is 0 Å². The number of hydrogen-bond acceptors (Lipinski definition) is 3. The molecule has 1 aromatic rings. The van der Waals surface area contributed by atoms with Crippen molar-refractivity contribution in [2.45, 2.75) is 44.8 Å². The summed E-state index contributed by atoms with van der Waals surface area (Å²) in [6, 6.07) is 9.68. The van der Waals surface area contributed by atoms with E-state index in [1.807, 2.05) is 49.1 Å². The van der Waals surface area contributed by atoms with Crippen molar-refractivity contribution in [2.75, 3.05) is 19.7 Å². The van der Waals surface area contributed by atoms with E-state index in [1.54, 1.807) is 0 Å². The number of aliphatic hydroxyl groups is 1. The first-order chi connectivity index (χ1) is 10.5. The molecule has 0 aromatic heterocycles. The van der Waals surface area contributed by atoms with E-state index in [4.69, 9.17) is 9.84 Å². The summed E-state index contributed by atoms with van der Waals surface area (Å²) in [6.07, 6.45) is 2.62. The fourth-order valence-electron chi connectivity index (χ4n) is 2.79. The summed E-state index contributed by atoms with van der Waals surface area (Å²) < 4.78 is 5.92. The number of amides is 2. The number of carbonyl (C=O) groups excluding carboxylic acids is 1. The van der Waals surface area contributed by atoms with Crippen LogP contribution in [-0.4, -0.2) is 47.4 Å². The summed E-state index contributed by atoms with van der Waals surface area (Å²) in [5.41, 5.74) is -0.483. The van der Waals surface area contributed by atoms with E-state index < -0.39 is 5.60 Å². The Hall–Kier alpha value is -1.75. The standard InChI is InChI=1S/C17H26N2O3/c1-17(2,22-15-8-4-3-5-9-15)13-18-16(21)19-11-6-7-14(19)10-12-20/h3-5,8-9,14,20H,6-7,10-13H2,1-2H3,(H,18,21). The molecule has 5 heteroatoms. The van der Waals surface area contributed by atoms with E-state index in [2.05, 4.69) is 5.32 Å². The third kappa shape index (κ3) is 4.63. The van der Waals surface area contributed by atoms with Crippen molar-refractivity contribution in [1.29, 1.82) is 0 Å². The van der Waals surface area contributed by atoms with E-state index >= 15 is 0 Å². The molecule has 1 aliphatic rings. The van der Waals surface area contributed by atoms with Crippen LogP contribution >= 0.6 is 0 Å². The number of nitrogens with one attached hydrogen (secondary N) is 1. The molecule has 2 amide bonds. The highest BCUT2D eigenvalue weighted by Gasteiger charge is 2.29. The molecule has 0 saturated carbocycles. The molecule has 1 fully saturated rings. The molecule has 1 heterocycles. The predicted molar refractivity (Wildman–Crippen MR) is 86.0 cm³/mol. The Labute approximate surface area is 132 Å². The van der Waals surface area contributed by atoms with Crippen molar-refractivity contribution in [3.63, 3.8) is 0 Å². The first kappa shape index (κ1) is 16.6. The minimum Gasteiger partial charge on any atom is -0.486 e. The molecule has 22 heavy (non-hydrogen) atoms. The van der Waals surface area contributed by atoms with Gasteiger partial charge in [-0.1, -0.05) is 18.2 Å². The Balaban J connectivity index is 1.84. The maximum absolute atomic E-state index is 12.3. The van der Waals surface area contributed by atoms with Gasteiger partial charge in [-0.2, -0.15) is 0 Å². The van der Waals surface area contributed by atoms with Gasteiger partial charge in [0.25, 0.3) is 0 Å². The number of urea groups is 1. The average Bonchev–Trinajstić information content (AvgIpc) is 2.94. The van der Waals surface area contributed by atoms with Crippen molar-refractivity contribution in [2.24, 2.45) is 0 Å². The number of carbonyl (C=O) groups is 1. The minimum absolute atomic E-state index is 0.0688. The zero-order valence-electron chi connectivity index (χ0n) is 13.4. The van der Waals surface area contributed by atoms with Crippen LogP contribution in [0.15, 0.2) is 30.3 Å². The molecule has 1 saturated heterocycles. The van der Waals surface area contributed by atoms with E-state index in [-0.39, 0.29) is 18.7 Å². The molecule has 1 aromatic carbocycles. The lowest BCUT2D eigenvalue weighted by atomic mass is 10.1. The lowest BCUT2D eigenvalue weighted by Gasteiger charge is -2.30. The number of hydrogen-bond donors (Lipinski definition) is 2. The highest BCUT2D eigenvalue weighted by atomic mass is 16.5. The molecule has 2 N–H and O–H groups in total. The number of benzene rings is 1. The minimum atomic E-state index is -0.483. The summed E-state index contributed by atoms with van der Waals surface area (Å²) in [5, 5.41) is 12.0. The van der Waals surface area contributed by atoms with E-state index in [0.717, 1.165) is 25.1 Å². The summed E-state index contributed by atoms with van der Waals surface area (Å²) in [5.74, 6) is 0.793. The highest BCUT2D eigenvalue weighted by Crippen LogP contribution is 2.20. The molecule has 5 nitrogen and oxygen atoms in total. The van der Waals surface area contributed by atoms with Gasteiger partial charge in [-0.15, -0.1) is 0 Å². The number of aliphatic hydroxyl groups excluding tert-OH is 1. The van der Waals surface area contributed by atoms with E-state index in [1.165, 1.54) is 0 Å².